The highest BCUT2D eigenvalue weighted by Crippen LogP contribution is 2.37. The van der Waals surface area contributed by atoms with Gasteiger partial charge in [-0.3, -0.25) is 9.36 Å². The maximum atomic E-state index is 12.5. The third-order valence-electron chi connectivity index (χ3n) is 5.30. The van der Waals surface area contributed by atoms with E-state index in [-0.39, 0.29) is 11.3 Å². The van der Waals surface area contributed by atoms with E-state index in [1.54, 1.807) is 29.7 Å². The Bertz CT molecular complexity index is 1430. The van der Waals surface area contributed by atoms with Gasteiger partial charge in [0.2, 0.25) is 5.16 Å². The Kier molecular flexibility index (Phi) is 6.55. The third kappa shape index (κ3) is 5.22. The molecule has 0 spiro atoms. The summed E-state index contributed by atoms with van der Waals surface area (Å²) in [6.45, 7) is 6.61. The molecule has 0 saturated carbocycles. The highest BCUT2D eigenvalue weighted by atomic mass is 32.2. The number of thiophene rings is 1. The molecular weight excluding hydrogens is 495 g/mol. The lowest BCUT2D eigenvalue weighted by Crippen LogP contribution is -2.11. The Morgan fingerprint density at radius 1 is 0.971 bits per heavy atom. The minimum absolute atomic E-state index is 0.0708. The zero-order valence-electron chi connectivity index (χ0n) is 19.4. The molecule has 0 saturated heterocycles. The van der Waals surface area contributed by atoms with Gasteiger partial charge in [-0.15, -0.1) is 21.5 Å². The van der Waals surface area contributed by atoms with Gasteiger partial charge in [-0.1, -0.05) is 68.5 Å². The van der Waals surface area contributed by atoms with E-state index in [0.29, 0.717) is 15.7 Å². The molecule has 0 bridgehead atoms. The van der Waals surface area contributed by atoms with Crippen molar-refractivity contribution in [2.45, 2.75) is 35.7 Å². The van der Waals surface area contributed by atoms with Crippen LogP contribution >= 0.6 is 34.4 Å². The summed E-state index contributed by atoms with van der Waals surface area (Å²) < 4.78 is 2.83. The number of carbonyl (C=O) groups excluding carboxylic acids is 1. The normalized spacial score (nSPS) is 11.5. The molecule has 3 heterocycles. The summed E-state index contributed by atoms with van der Waals surface area (Å²) in [6.07, 6.45) is 1.67. The standard InChI is InChI=1S/C26H23N5OS3/c1-26(2,3)18-11-13-19(14-12-18)31-22(20-10-7-15-33-20)29-30-24(31)35-25-27-16-21(34-25)28-23(32)17-8-5-4-6-9-17/h4-16H,1-3H3,(H,28,32). The van der Waals surface area contributed by atoms with Crippen LogP contribution in [0.25, 0.3) is 16.4 Å². The third-order valence-corrected chi connectivity index (χ3v) is 8.10. The lowest BCUT2D eigenvalue weighted by Gasteiger charge is -2.19. The van der Waals surface area contributed by atoms with Crippen LogP contribution in [0.5, 0.6) is 0 Å². The second kappa shape index (κ2) is 9.77. The van der Waals surface area contributed by atoms with Gasteiger partial charge in [0.25, 0.3) is 5.91 Å². The van der Waals surface area contributed by atoms with E-state index in [1.807, 2.05) is 35.7 Å². The van der Waals surface area contributed by atoms with E-state index in [2.05, 4.69) is 70.1 Å². The number of anilines is 1. The fourth-order valence-corrected chi connectivity index (χ4v) is 5.99. The monoisotopic (exact) mass is 517 g/mol. The zero-order chi connectivity index (χ0) is 24.4. The Labute approximate surface area is 216 Å². The van der Waals surface area contributed by atoms with Gasteiger partial charge in [-0.25, -0.2) is 4.98 Å². The number of aromatic nitrogens is 4. The van der Waals surface area contributed by atoms with Crippen LogP contribution in [-0.4, -0.2) is 25.7 Å². The van der Waals surface area contributed by atoms with Crippen molar-refractivity contribution in [2.24, 2.45) is 0 Å². The van der Waals surface area contributed by atoms with Gasteiger partial charge in [0.05, 0.1) is 11.1 Å². The van der Waals surface area contributed by atoms with Gasteiger partial charge >= 0.3 is 0 Å². The van der Waals surface area contributed by atoms with Crippen molar-refractivity contribution in [3.05, 3.63) is 89.4 Å². The molecule has 0 aliphatic rings. The van der Waals surface area contributed by atoms with E-state index in [0.717, 1.165) is 20.7 Å². The van der Waals surface area contributed by atoms with Crippen LogP contribution in [0.15, 0.2) is 87.8 Å². The lowest BCUT2D eigenvalue weighted by atomic mass is 9.87. The summed E-state index contributed by atoms with van der Waals surface area (Å²) in [7, 11) is 0. The van der Waals surface area contributed by atoms with E-state index in [9.17, 15) is 4.79 Å². The SMILES string of the molecule is CC(C)(C)c1ccc(-n2c(Sc3ncc(NC(=O)c4ccccc4)s3)nnc2-c2cccs2)cc1. The summed E-state index contributed by atoms with van der Waals surface area (Å²) in [5.74, 6) is 0.632. The Morgan fingerprint density at radius 2 is 1.74 bits per heavy atom. The number of nitrogens with zero attached hydrogens (tertiary/aromatic N) is 4. The predicted octanol–water partition coefficient (Wildman–Crippen LogP) is 7.15. The smallest absolute Gasteiger partial charge is 0.256 e. The molecule has 176 valence electrons. The van der Waals surface area contributed by atoms with E-state index in [1.165, 1.54) is 28.7 Å². The van der Waals surface area contributed by atoms with Gasteiger partial charge in [0.1, 0.15) is 5.00 Å². The average Bonchev–Trinajstić information content (AvgIpc) is 3.61. The van der Waals surface area contributed by atoms with Crippen LogP contribution < -0.4 is 5.32 Å². The van der Waals surface area contributed by atoms with Crippen LogP contribution in [0.1, 0.15) is 36.7 Å². The van der Waals surface area contributed by atoms with Gasteiger partial charge in [0, 0.05) is 11.3 Å². The average molecular weight is 518 g/mol. The van der Waals surface area contributed by atoms with E-state index in [4.69, 9.17) is 0 Å². The van der Waals surface area contributed by atoms with Crippen LogP contribution in [0.4, 0.5) is 5.00 Å². The topological polar surface area (TPSA) is 72.7 Å². The largest absolute Gasteiger partial charge is 0.312 e. The number of thiazole rings is 1. The summed E-state index contributed by atoms with van der Waals surface area (Å²) in [5.41, 5.74) is 2.93. The fraction of sp³-hybridized carbons (Fsp3) is 0.154. The maximum Gasteiger partial charge on any atom is 0.256 e. The number of benzene rings is 2. The molecular formula is C26H23N5OS3. The van der Waals surface area contributed by atoms with Crippen LogP contribution in [0.3, 0.4) is 0 Å². The molecule has 5 aromatic rings. The summed E-state index contributed by atoms with van der Waals surface area (Å²) in [4.78, 5) is 18.0. The van der Waals surface area contributed by atoms with Crippen molar-refractivity contribution in [1.29, 1.82) is 0 Å². The number of rotatable bonds is 6. The molecule has 35 heavy (non-hydrogen) atoms. The van der Waals surface area contributed by atoms with Gasteiger partial charge in [0.15, 0.2) is 10.2 Å². The molecule has 0 unspecified atom stereocenters. The second-order valence-corrected chi connectivity index (χ2v) is 12.0. The quantitative estimate of drug-likeness (QED) is 0.259. The molecule has 3 aromatic heterocycles. The van der Waals surface area contributed by atoms with Crippen molar-refractivity contribution < 1.29 is 4.79 Å². The first kappa shape index (κ1) is 23.5. The molecule has 1 amide bonds. The van der Waals surface area contributed by atoms with Crippen molar-refractivity contribution in [3.63, 3.8) is 0 Å². The molecule has 6 nitrogen and oxygen atoms in total. The molecule has 5 rings (SSSR count). The minimum atomic E-state index is -0.159. The number of hydrogen-bond donors (Lipinski definition) is 1. The summed E-state index contributed by atoms with van der Waals surface area (Å²) in [5, 5.41) is 15.4. The van der Waals surface area contributed by atoms with Crippen molar-refractivity contribution in [2.75, 3.05) is 5.32 Å². The van der Waals surface area contributed by atoms with E-state index >= 15 is 0 Å². The lowest BCUT2D eigenvalue weighted by molar-refractivity contribution is 0.102. The number of carbonyl (C=O) groups is 1. The molecule has 9 heteroatoms. The van der Waals surface area contributed by atoms with Crippen molar-refractivity contribution >= 4 is 45.3 Å². The first-order valence-electron chi connectivity index (χ1n) is 11.0. The van der Waals surface area contributed by atoms with Crippen LogP contribution in [0.2, 0.25) is 0 Å². The van der Waals surface area contributed by atoms with Crippen LogP contribution in [0, 0.1) is 0 Å². The zero-order valence-corrected chi connectivity index (χ0v) is 21.9. The van der Waals surface area contributed by atoms with Gasteiger partial charge in [-0.2, -0.15) is 0 Å². The molecule has 0 aliphatic carbocycles. The van der Waals surface area contributed by atoms with E-state index < -0.39 is 0 Å². The highest BCUT2D eigenvalue weighted by Gasteiger charge is 2.20. The molecule has 0 radical (unpaired) electrons. The molecule has 2 aromatic carbocycles. The first-order valence-corrected chi connectivity index (χ1v) is 13.5. The molecule has 0 aliphatic heterocycles. The molecule has 1 N–H and O–H groups in total. The Morgan fingerprint density at radius 3 is 2.43 bits per heavy atom. The Balaban J connectivity index is 1.43. The predicted molar refractivity (Wildman–Crippen MR) is 144 cm³/mol. The highest BCUT2D eigenvalue weighted by molar-refractivity contribution is 8.01. The maximum absolute atomic E-state index is 12.5. The summed E-state index contributed by atoms with van der Waals surface area (Å²) >= 11 is 4.47. The second-order valence-electron chi connectivity index (χ2n) is 8.83. The van der Waals surface area contributed by atoms with Gasteiger partial charge < -0.3 is 5.32 Å². The number of hydrogen-bond acceptors (Lipinski definition) is 7. The first-order chi connectivity index (χ1) is 16.9. The van der Waals surface area contributed by atoms with Crippen molar-refractivity contribution in [3.8, 4) is 16.4 Å². The number of nitrogens with one attached hydrogen (secondary N) is 1. The summed E-state index contributed by atoms with van der Waals surface area (Å²) in [6, 6.07) is 21.7. The fourth-order valence-electron chi connectivity index (χ4n) is 3.46. The number of amides is 1. The van der Waals surface area contributed by atoms with Crippen LogP contribution in [-0.2, 0) is 5.41 Å². The minimum Gasteiger partial charge on any atom is -0.312 e. The Hall–Kier alpha value is -3.27. The van der Waals surface area contributed by atoms with Gasteiger partial charge in [-0.05, 0) is 58.5 Å². The molecule has 0 atom stereocenters. The van der Waals surface area contributed by atoms with Crippen molar-refractivity contribution in [1.82, 2.24) is 19.7 Å². The molecule has 0 fully saturated rings.